The molecule has 2 heterocycles. The molecule has 0 amide bonds. The average Bonchev–Trinajstić information content (AvgIpc) is 2.46. The van der Waals surface area contributed by atoms with E-state index in [4.69, 9.17) is 0 Å². The molecule has 3 unspecified atom stereocenters. The second-order valence-corrected chi connectivity index (χ2v) is 6.81. The number of rotatable bonds is 2. The third-order valence-corrected chi connectivity index (χ3v) is 5.78. The highest BCUT2D eigenvalue weighted by molar-refractivity contribution is 5.74. The molecule has 1 aliphatic carbocycles. The lowest BCUT2D eigenvalue weighted by Gasteiger charge is -2.49. The maximum Gasteiger partial charge on any atom is 0.321 e. The number of carbonyl (C=O) groups is 1. The largest absolute Gasteiger partial charge is 0.480 e. The zero-order valence-electron chi connectivity index (χ0n) is 11.9. The van der Waals surface area contributed by atoms with Crippen LogP contribution in [0.4, 0.5) is 0 Å². The highest BCUT2D eigenvalue weighted by Crippen LogP contribution is 2.42. The van der Waals surface area contributed by atoms with Crippen LogP contribution in [-0.4, -0.2) is 34.6 Å². The van der Waals surface area contributed by atoms with Crippen molar-refractivity contribution >= 4 is 5.97 Å². The van der Waals surface area contributed by atoms with Gasteiger partial charge in [-0.1, -0.05) is 38.5 Å². The zero-order valence-corrected chi connectivity index (χ0v) is 11.9. The Kier molecular flexibility index (Phi) is 4.11. The molecule has 1 saturated carbocycles. The third kappa shape index (κ3) is 2.67. The first-order valence-electron chi connectivity index (χ1n) is 8.26. The van der Waals surface area contributed by atoms with Gasteiger partial charge < -0.3 is 5.11 Å². The minimum absolute atomic E-state index is 0.179. The molecular formula is C16H27NO2. The summed E-state index contributed by atoms with van der Waals surface area (Å²) in [7, 11) is 0. The molecule has 108 valence electrons. The van der Waals surface area contributed by atoms with Crippen LogP contribution in [0.2, 0.25) is 0 Å². The Bertz CT molecular complexity index is 325. The van der Waals surface area contributed by atoms with Gasteiger partial charge in [0.15, 0.2) is 0 Å². The van der Waals surface area contributed by atoms with Gasteiger partial charge in [0.25, 0.3) is 0 Å². The molecule has 1 N–H and O–H groups in total. The van der Waals surface area contributed by atoms with E-state index >= 15 is 0 Å². The minimum atomic E-state index is -0.554. The molecule has 2 saturated heterocycles. The molecular weight excluding hydrogens is 238 g/mol. The Morgan fingerprint density at radius 1 is 0.895 bits per heavy atom. The number of piperidine rings is 2. The lowest BCUT2D eigenvalue weighted by Crippen LogP contribution is -2.58. The number of carboxylic acid groups (broad SMARTS) is 1. The predicted molar refractivity (Wildman–Crippen MR) is 75.1 cm³/mol. The van der Waals surface area contributed by atoms with Crippen LogP contribution in [0.1, 0.15) is 64.2 Å². The van der Waals surface area contributed by atoms with Crippen molar-refractivity contribution in [2.24, 2.45) is 11.8 Å². The van der Waals surface area contributed by atoms with E-state index in [0.29, 0.717) is 17.9 Å². The second kappa shape index (κ2) is 5.82. The Morgan fingerprint density at radius 2 is 1.63 bits per heavy atom. The lowest BCUT2D eigenvalue weighted by atomic mass is 9.70. The van der Waals surface area contributed by atoms with Gasteiger partial charge in [0.05, 0.1) is 0 Å². The van der Waals surface area contributed by atoms with Gasteiger partial charge in [-0.2, -0.15) is 0 Å². The van der Waals surface area contributed by atoms with Gasteiger partial charge in [-0.15, -0.1) is 0 Å². The Morgan fingerprint density at radius 3 is 2.37 bits per heavy atom. The SMILES string of the molecule is O=C(O)C1C(C2CCCCC2)CCC2CCCCN21. The molecule has 19 heavy (non-hydrogen) atoms. The Balaban J connectivity index is 1.76. The fraction of sp³-hybridized carbons (Fsp3) is 0.938. The molecule has 3 rings (SSSR count). The van der Waals surface area contributed by atoms with E-state index in [1.54, 1.807) is 0 Å². The molecule has 3 heteroatoms. The van der Waals surface area contributed by atoms with Gasteiger partial charge in [0.2, 0.25) is 0 Å². The predicted octanol–water partition coefficient (Wildman–Crippen LogP) is 3.28. The van der Waals surface area contributed by atoms with Gasteiger partial charge in [-0.25, -0.2) is 0 Å². The summed E-state index contributed by atoms with van der Waals surface area (Å²) >= 11 is 0. The van der Waals surface area contributed by atoms with Gasteiger partial charge in [0, 0.05) is 6.04 Å². The fourth-order valence-corrected chi connectivity index (χ4v) is 4.87. The topological polar surface area (TPSA) is 40.5 Å². The monoisotopic (exact) mass is 265 g/mol. The highest BCUT2D eigenvalue weighted by atomic mass is 16.4. The van der Waals surface area contributed by atoms with Crippen molar-refractivity contribution in [2.75, 3.05) is 6.54 Å². The molecule has 3 fully saturated rings. The van der Waals surface area contributed by atoms with Crippen molar-refractivity contribution in [1.82, 2.24) is 4.90 Å². The van der Waals surface area contributed by atoms with E-state index in [2.05, 4.69) is 4.90 Å². The summed E-state index contributed by atoms with van der Waals surface area (Å²) < 4.78 is 0. The van der Waals surface area contributed by atoms with Crippen LogP contribution < -0.4 is 0 Å². The third-order valence-electron chi connectivity index (χ3n) is 5.78. The maximum atomic E-state index is 11.8. The van der Waals surface area contributed by atoms with E-state index in [1.165, 1.54) is 57.8 Å². The first-order valence-corrected chi connectivity index (χ1v) is 8.26. The summed E-state index contributed by atoms with van der Waals surface area (Å²) in [5.41, 5.74) is 0. The molecule has 0 aromatic rings. The Hall–Kier alpha value is -0.570. The summed E-state index contributed by atoms with van der Waals surface area (Å²) in [5, 5.41) is 9.74. The molecule has 3 atom stereocenters. The second-order valence-electron chi connectivity index (χ2n) is 6.81. The smallest absolute Gasteiger partial charge is 0.321 e. The van der Waals surface area contributed by atoms with Crippen LogP contribution in [-0.2, 0) is 4.79 Å². The van der Waals surface area contributed by atoms with Gasteiger partial charge in [-0.3, -0.25) is 9.69 Å². The number of carboxylic acids is 1. The standard InChI is InChI=1S/C16H27NO2/c18-16(19)15-14(12-6-2-1-3-7-12)10-9-13-8-4-5-11-17(13)15/h12-15H,1-11H2,(H,18,19). The van der Waals surface area contributed by atoms with E-state index in [-0.39, 0.29) is 6.04 Å². The van der Waals surface area contributed by atoms with Crippen molar-refractivity contribution in [3.05, 3.63) is 0 Å². The van der Waals surface area contributed by atoms with Crippen molar-refractivity contribution in [3.63, 3.8) is 0 Å². The summed E-state index contributed by atoms with van der Waals surface area (Å²) in [6.07, 6.45) is 12.6. The van der Waals surface area contributed by atoms with Crippen LogP contribution >= 0.6 is 0 Å². The molecule has 0 aromatic carbocycles. The van der Waals surface area contributed by atoms with Crippen molar-refractivity contribution in [1.29, 1.82) is 0 Å². The van der Waals surface area contributed by atoms with Gasteiger partial charge in [0.1, 0.15) is 6.04 Å². The maximum absolute atomic E-state index is 11.8. The summed E-state index contributed by atoms with van der Waals surface area (Å²) in [5.74, 6) is 0.548. The first-order chi connectivity index (χ1) is 9.27. The summed E-state index contributed by atoms with van der Waals surface area (Å²) in [4.78, 5) is 14.2. The molecule has 3 aliphatic rings. The number of nitrogens with zero attached hydrogens (tertiary/aromatic N) is 1. The quantitative estimate of drug-likeness (QED) is 0.833. The zero-order chi connectivity index (χ0) is 13.2. The van der Waals surface area contributed by atoms with Crippen molar-refractivity contribution < 1.29 is 9.90 Å². The van der Waals surface area contributed by atoms with Crippen LogP contribution in [0.25, 0.3) is 0 Å². The normalized spacial score (nSPS) is 37.8. The lowest BCUT2D eigenvalue weighted by molar-refractivity contribution is -0.152. The molecule has 2 aliphatic heterocycles. The first kappa shape index (κ1) is 13.4. The van der Waals surface area contributed by atoms with Crippen LogP contribution in [0.5, 0.6) is 0 Å². The van der Waals surface area contributed by atoms with Gasteiger partial charge >= 0.3 is 5.97 Å². The number of fused-ring (bicyclic) bond motifs is 1. The van der Waals surface area contributed by atoms with E-state index < -0.39 is 5.97 Å². The summed E-state index contributed by atoms with van der Waals surface area (Å²) in [6.45, 7) is 1.02. The van der Waals surface area contributed by atoms with Crippen molar-refractivity contribution in [2.45, 2.75) is 76.3 Å². The minimum Gasteiger partial charge on any atom is -0.480 e. The molecule has 0 aromatic heterocycles. The Labute approximate surface area is 116 Å². The molecule has 0 spiro atoms. The van der Waals surface area contributed by atoms with Crippen LogP contribution in [0, 0.1) is 11.8 Å². The van der Waals surface area contributed by atoms with Gasteiger partial charge in [-0.05, 0) is 44.1 Å². The fourth-order valence-electron chi connectivity index (χ4n) is 4.87. The van der Waals surface area contributed by atoms with Crippen LogP contribution in [0.15, 0.2) is 0 Å². The highest BCUT2D eigenvalue weighted by Gasteiger charge is 2.45. The van der Waals surface area contributed by atoms with E-state index in [1.807, 2.05) is 0 Å². The average molecular weight is 265 g/mol. The molecule has 3 nitrogen and oxygen atoms in total. The number of hydrogen-bond donors (Lipinski definition) is 1. The number of aliphatic carboxylic acids is 1. The van der Waals surface area contributed by atoms with E-state index in [9.17, 15) is 9.90 Å². The molecule has 0 bridgehead atoms. The summed E-state index contributed by atoms with van der Waals surface area (Å²) in [6, 6.07) is 0.386. The van der Waals surface area contributed by atoms with E-state index in [0.717, 1.165) is 13.0 Å². The van der Waals surface area contributed by atoms with Crippen molar-refractivity contribution in [3.8, 4) is 0 Å². The number of hydrogen-bond acceptors (Lipinski definition) is 2. The molecule has 0 radical (unpaired) electrons. The van der Waals surface area contributed by atoms with Crippen LogP contribution in [0.3, 0.4) is 0 Å².